The van der Waals surface area contributed by atoms with Gasteiger partial charge in [0, 0.05) is 18.3 Å². The highest BCUT2D eigenvalue weighted by Gasteiger charge is 2.31. The van der Waals surface area contributed by atoms with Crippen LogP contribution in [-0.2, 0) is 19.9 Å². The Morgan fingerprint density at radius 3 is 2.80 bits per heavy atom. The molecule has 0 saturated heterocycles. The van der Waals surface area contributed by atoms with E-state index in [4.69, 9.17) is 5.73 Å². The Bertz CT molecular complexity index is 418. The molecule has 4 nitrogen and oxygen atoms in total. The molecule has 1 aliphatic rings. The fourth-order valence-corrected chi connectivity index (χ4v) is 2.29. The van der Waals surface area contributed by atoms with Crippen molar-refractivity contribution in [3.05, 3.63) is 17.0 Å². The van der Waals surface area contributed by atoms with Gasteiger partial charge in [-0.2, -0.15) is 5.10 Å². The molecule has 4 heteroatoms. The average molecular weight is 207 g/mol. The van der Waals surface area contributed by atoms with Crippen molar-refractivity contribution < 1.29 is 4.79 Å². The van der Waals surface area contributed by atoms with Crippen molar-refractivity contribution in [2.45, 2.75) is 33.1 Å². The van der Waals surface area contributed by atoms with Crippen LogP contribution in [0.2, 0.25) is 0 Å². The molecule has 0 atom stereocenters. The Balaban J connectivity index is 2.49. The molecule has 0 aliphatic heterocycles. The second-order valence-corrected chi connectivity index (χ2v) is 5.10. The summed E-state index contributed by atoms with van der Waals surface area (Å²) in [6, 6.07) is 0. The summed E-state index contributed by atoms with van der Waals surface area (Å²) in [4.78, 5) is 11.2. The number of rotatable bonds is 1. The molecule has 15 heavy (non-hydrogen) atoms. The predicted molar refractivity (Wildman–Crippen MR) is 57.5 cm³/mol. The lowest BCUT2D eigenvalue weighted by atomic mass is 9.76. The molecular weight excluding hydrogens is 190 g/mol. The van der Waals surface area contributed by atoms with E-state index < -0.39 is 5.91 Å². The Hall–Kier alpha value is -1.32. The molecule has 1 aromatic heterocycles. The Labute approximate surface area is 89.5 Å². The number of primary amides is 1. The van der Waals surface area contributed by atoms with Gasteiger partial charge in [0.2, 0.25) is 0 Å². The Morgan fingerprint density at radius 1 is 1.53 bits per heavy atom. The molecule has 82 valence electrons. The Morgan fingerprint density at radius 2 is 2.20 bits per heavy atom. The maximum absolute atomic E-state index is 11.2. The fourth-order valence-electron chi connectivity index (χ4n) is 2.29. The standard InChI is InChI=1S/C11H17N3O/c1-11(2)5-4-7-8(6-11)14(3)13-9(7)10(12)15/h4-6H2,1-3H3,(H2,12,15). The SMILES string of the molecule is Cn1nc(C(N)=O)c2c1CC(C)(C)CC2. The van der Waals surface area contributed by atoms with E-state index in [0.29, 0.717) is 11.1 Å². The normalized spacial score (nSPS) is 18.6. The Kier molecular flexibility index (Phi) is 2.10. The highest BCUT2D eigenvalue weighted by atomic mass is 16.1. The molecule has 0 fully saturated rings. The van der Waals surface area contributed by atoms with Gasteiger partial charge in [0.1, 0.15) is 0 Å². The monoisotopic (exact) mass is 207 g/mol. The minimum Gasteiger partial charge on any atom is -0.364 e. The fraction of sp³-hybridized carbons (Fsp3) is 0.636. The van der Waals surface area contributed by atoms with Crippen LogP contribution >= 0.6 is 0 Å². The summed E-state index contributed by atoms with van der Waals surface area (Å²) in [6.07, 6.45) is 2.97. The highest BCUT2D eigenvalue weighted by Crippen LogP contribution is 2.35. The number of fused-ring (bicyclic) bond motifs is 1. The maximum atomic E-state index is 11.2. The van der Waals surface area contributed by atoms with Gasteiger partial charge in [0.25, 0.3) is 5.91 Å². The lowest BCUT2D eigenvalue weighted by molar-refractivity contribution is 0.0993. The largest absolute Gasteiger partial charge is 0.364 e. The molecule has 2 rings (SSSR count). The topological polar surface area (TPSA) is 60.9 Å². The van der Waals surface area contributed by atoms with Gasteiger partial charge >= 0.3 is 0 Å². The van der Waals surface area contributed by atoms with Gasteiger partial charge < -0.3 is 5.73 Å². The van der Waals surface area contributed by atoms with Gasteiger partial charge in [0.15, 0.2) is 5.69 Å². The first kappa shape index (κ1) is 10.2. The van der Waals surface area contributed by atoms with Crippen LogP contribution in [0, 0.1) is 5.41 Å². The highest BCUT2D eigenvalue weighted by molar-refractivity contribution is 5.92. The molecule has 0 radical (unpaired) electrons. The van der Waals surface area contributed by atoms with Crippen molar-refractivity contribution >= 4 is 5.91 Å². The van der Waals surface area contributed by atoms with E-state index in [2.05, 4.69) is 18.9 Å². The number of aryl methyl sites for hydroxylation is 1. The quantitative estimate of drug-likeness (QED) is 0.747. The second-order valence-electron chi connectivity index (χ2n) is 5.10. The summed E-state index contributed by atoms with van der Waals surface area (Å²) >= 11 is 0. The summed E-state index contributed by atoms with van der Waals surface area (Å²) in [5.74, 6) is -0.411. The lowest BCUT2D eigenvalue weighted by Gasteiger charge is -2.29. The molecule has 2 N–H and O–H groups in total. The smallest absolute Gasteiger partial charge is 0.269 e. The first-order valence-electron chi connectivity index (χ1n) is 5.25. The van der Waals surface area contributed by atoms with Crippen LogP contribution in [0.1, 0.15) is 42.0 Å². The number of carbonyl (C=O) groups is 1. The third-order valence-electron chi connectivity index (χ3n) is 3.21. The van der Waals surface area contributed by atoms with E-state index in [9.17, 15) is 4.79 Å². The molecule has 0 spiro atoms. The number of aromatic nitrogens is 2. The third-order valence-corrected chi connectivity index (χ3v) is 3.21. The van der Waals surface area contributed by atoms with Gasteiger partial charge in [-0.1, -0.05) is 13.8 Å². The summed E-state index contributed by atoms with van der Waals surface area (Å²) in [5, 5.41) is 4.20. The number of nitrogens with zero attached hydrogens (tertiary/aromatic N) is 2. The van der Waals surface area contributed by atoms with Crippen LogP contribution < -0.4 is 5.73 Å². The zero-order valence-corrected chi connectivity index (χ0v) is 9.50. The number of carbonyl (C=O) groups excluding carboxylic acids is 1. The molecule has 1 heterocycles. The molecule has 1 amide bonds. The van der Waals surface area contributed by atoms with Crippen molar-refractivity contribution in [2.24, 2.45) is 18.2 Å². The predicted octanol–water partition coefficient (Wildman–Crippen LogP) is 1.03. The maximum Gasteiger partial charge on any atom is 0.269 e. The molecule has 0 bridgehead atoms. The van der Waals surface area contributed by atoms with Crippen LogP contribution in [-0.4, -0.2) is 15.7 Å². The van der Waals surface area contributed by atoms with Gasteiger partial charge in [0.05, 0.1) is 0 Å². The average Bonchev–Trinajstić information content (AvgIpc) is 2.42. The van der Waals surface area contributed by atoms with Gasteiger partial charge in [-0.15, -0.1) is 0 Å². The van der Waals surface area contributed by atoms with E-state index in [0.717, 1.165) is 24.8 Å². The molecular formula is C11H17N3O. The third kappa shape index (κ3) is 1.64. The summed E-state index contributed by atoms with van der Waals surface area (Å²) in [6.45, 7) is 4.49. The van der Waals surface area contributed by atoms with Crippen LogP contribution in [0.3, 0.4) is 0 Å². The van der Waals surface area contributed by atoms with E-state index in [1.807, 2.05) is 7.05 Å². The van der Waals surface area contributed by atoms with Crippen molar-refractivity contribution in [2.75, 3.05) is 0 Å². The van der Waals surface area contributed by atoms with Gasteiger partial charge in [-0.3, -0.25) is 9.48 Å². The summed E-state index contributed by atoms with van der Waals surface area (Å²) in [5.41, 5.74) is 8.29. The van der Waals surface area contributed by atoms with Gasteiger partial charge in [-0.25, -0.2) is 0 Å². The van der Waals surface area contributed by atoms with E-state index in [-0.39, 0.29) is 0 Å². The van der Waals surface area contributed by atoms with Crippen molar-refractivity contribution in [3.63, 3.8) is 0 Å². The second kappa shape index (κ2) is 3.08. The van der Waals surface area contributed by atoms with Crippen molar-refractivity contribution in [1.29, 1.82) is 0 Å². The van der Waals surface area contributed by atoms with E-state index in [1.165, 1.54) is 5.69 Å². The van der Waals surface area contributed by atoms with Crippen molar-refractivity contribution in [1.82, 2.24) is 9.78 Å². The van der Waals surface area contributed by atoms with Crippen LogP contribution in [0.4, 0.5) is 0 Å². The van der Waals surface area contributed by atoms with Gasteiger partial charge in [-0.05, 0) is 24.7 Å². The first-order chi connectivity index (χ1) is 6.91. The van der Waals surface area contributed by atoms with Crippen molar-refractivity contribution in [3.8, 4) is 0 Å². The van der Waals surface area contributed by atoms with Crippen LogP contribution in [0.25, 0.3) is 0 Å². The number of amides is 1. The van der Waals surface area contributed by atoms with E-state index >= 15 is 0 Å². The minimum absolute atomic E-state index is 0.301. The molecule has 0 aromatic carbocycles. The summed E-state index contributed by atoms with van der Waals surface area (Å²) < 4.78 is 1.80. The van der Waals surface area contributed by atoms with Crippen LogP contribution in [0.5, 0.6) is 0 Å². The van der Waals surface area contributed by atoms with Crippen LogP contribution in [0.15, 0.2) is 0 Å². The minimum atomic E-state index is -0.411. The zero-order chi connectivity index (χ0) is 11.2. The molecule has 1 aromatic rings. The number of hydrogen-bond donors (Lipinski definition) is 1. The molecule has 0 saturated carbocycles. The molecule has 0 unspecified atom stereocenters. The lowest BCUT2D eigenvalue weighted by Crippen LogP contribution is -2.24. The summed E-state index contributed by atoms with van der Waals surface area (Å²) in [7, 11) is 1.88. The van der Waals surface area contributed by atoms with E-state index in [1.54, 1.807) is 4.68 Å². The molecule has 1 aliphatic carbocycles. The number of nitrogens with two attached hydrogens (primary N) is 1. The first-order valence-corrected chi connectivity index (χ1v) is 5.25. The zero-order valence-electron chi connectivity index (χ0n) is 9.50. The number of hydrogen-bond acceptors (Lipinski definition) is 2.